The zero-order chi connectivity index (χ0) is 9.10. The van der Waals surface area contributed by atoms with Crippen molar-refractivity contribution in [3.8, 4) is 0 Å². The number of quaternary nitrogens is 1. The molecule has 2 heterocycles. The Morgan fingerprint density at radius 1 is 1.31 bits per heavy atom. The van der Waals surface area contributed by atoms with E-state index in [0.717, 1.165) is 25.3 Å². The molecule has 1 aromatic heterocycles. The van der Waals surface area contributed by atoms with Crippen molar-refractivity contribution in [2.45, 2.75) is 6.42 Å². The largest absolute Gasteiger partial charge is 0.343 e. The Morgan fingerprint density at radius 2 is 2.08 bits per heavy atom. The minimum absolute atomic E-state index is 0.590. The molecule has 3 nitrogen and oxygen atoms in total. The Hall–Kier alpha value is -0.930. The minimum atomic E-state index is 0.590. The summed E-state index contributed by atoms with van der Waals surface area (Å²) in [6, 6.07) is 0. The van der Waals surface area contributed by atoms with Crippen LogP contribution in [0.25, 0.3) is 5.57 Å². The number of hydrogen-bond donors (Lipinski definition) is 1. The van der Waals surface area contributed by atoms with Gasteiger partial charge in [-0.1, -0.05) is 11.6 Å². The molecule has 0 saturated carbocycles. The van der Waals surface area contributed by atoms with Crippen molar-refractivity contribution in [3.05, 3.63) is 29.3 Å². The third-order valence-corrected chi connectivity index (χ3v) is 2.25. The maximum absolute atomic E-state index is 5.70. The SMILES string of the molecule is Clc1cnc(C2=CC[NH2+]CC2)nc1. The lowest BCUT2D eigenvalue weighted by Crippen LogP contribution is -2.84. The molecule has 68 valence electrons. The fourth-order valence-electron chi connectivity index (χ4n) is 1.38. The summed E-state index contributed by atoms with van der Waals surface area (Å²) >= 11 is 5.70. The molecule has 0 saturated heterocycles. The van der Waals surface area contributed by atoms with Crippen LogP contribution in [0.4, 0.5) is 0 Å². The van der Waals surface area contributed by atoms with E-state index >= 15 is 0 Å². The highest BCUT2D eigenvalue weighted by molar-refractivity contribution is 6.30. The van der Waals surface area contributed by atoms with Crippen LogP contribution < -0.4 is 5.32 Å². The van der Waals surface area contributed by atoms with Crippen LogP contribution in [0.2, 0.25) is 5.02 Å². The van der Waals surface area contributed by atoms with Gasteiger partial charge in [-0.25, -0.2) is 9.97 Å². The van der Waals surface area contributed by atoms with E-state index in [1.54, 1.807) is 12.4 Å². The highest BCUT2D eigenvalue weighted by atomic mass is 35.5. The zero-order valence-electron chi connectivity index (χ0n) is 7.20. The van der Waals surface area contributed by atoms with Gasteiger partial charge >= 0.3 is 0 Å². The Balaban J connectivity index is 2.24. The topological polar surface area (TPSA) is 42.4 Å². The standard InChI is InChI=1S/C9H10ClN3/c10-8-5-12-9(13-6-8)7-1-3-11-4-2-7/h1,5-6,11H,2-4H2/p+1. The first-order chi connectivity index (χ1) is 6.36. The van der Waals surface area contributed by atoms with Gasteiger partial charge in [-0.05, 0) is 6.08 Å². The third-order valence-electron chi connectivity index (χ3n) is 2.06. The van der Waals surface area contributed by atoms with Crippen LogP contribution >= 0.6 is 11.6 Å². The fourth-order valence-corrected chi connectivity index (χ4v) is 1.48. The molecule has 1 aliphatic heterocycles. The normalized spacial score (nSPS) is 16.8. The first-order valence-corrected chi connectivity index (χ1v) is 4.72. The van der Waals surface area contributed by atoms with Gasteiger partial charge in [0.25, 0.3) is 0 Å². The second kappa shape index (κ2) is 3.85. The van der Waals surface area contributed by atoms with Crippen molar-refractivity contribution in [1.82, 2.24) is 9.97 Å². The van der Waals surface area contributed by atoms with Crippen molar-refractivity contribution in [3.63, 3.8) is 0 Å². The van der Waals surface area contributed by atoms with Gasteiger partial charge in [0.2, 0.25) is 0 Å². The van der Waals surface area contributed by atoms with Gasteiger partial charge in [0.15, 0.2) is 5.82 Å². The molecule has 2 rings (SSSR count). The van der Waals surface area contributed by atoms with E-state index in [9.17, 15) is 0 Å². The van der Waals surface area contributed by atoms with E-state index in [1.165, 1.54) is 5.57 Å². The predicted octanol–water partition coefficient (Wildman–Crippen LogP) is 0.480. The maximum Gasteiger partial charge on any atom is 0.155 e. The van der Waals surface area contributed by atoms with Crippen molar-refractivity contribution >= 4 is 17.2 Å². The lowest BCUT2D eigenvalue weighted by molar-refractivity contribution is -0.646. The maximum atomic E-state index is 5.70. The number of nitrogens with two attached hydrogens (primary N) is 1. The first-order valence-electron chi connectivity index (χ1n) is 4.35. The van der Waals surface area contributed by atoms with Gasteiger partial charge in [0.05, 0.1) is 18.1 Å². The number of halogens is 1. The Bertz CT molecular complexity index is 318. The molecule has 0 aliphatic carbocycles. The van der Waals surface area contributed by atoms with Gasteiger partial charge < -0.3 is 5.32 Å². The van der Waals surface area contributed by atoms with Crippen molar-refractivity contribution in [2.24, 2.45) is 0 Å². The predicted molar refractivity (Wildman–Crippen MR) is 51.3 cm³/mol. The number of rotatable bonds is 1. The van der Waals surface area contributed by atoms with E-state index in [4.69, 9.17) is 11.6 Å². The van der Waals surface area contributed by atoms with E-state index in [1.807, 2.05) is 0 Å². The highest BCUT2D eigenvalue weighted by Gasteiger charge is 2.09. The average Bonchev–Trinajstić information content (AvgIpc) is 2.20. The van der Waals surface area contributed by atoms with Crippen LogP contribution in [0.1, 0.15) is 12.2 Å². The molecule has 2 N–H and O–H groups in total. The minimum Gasteiger partial charge on any atom is -0.343 e. The molecule has 0 radical (unpaired) electrons. The van der Waals surface area contributed by atoms with Gasteiger partial charge in [-0.3, -0.25) is 0 Å². The summed E-state index contributed by atoms with van der Waals surface area (Å²) in [5.41, 5.74) is 1.24. The van der Waals surface area contributed by atoms with Crippen LogP contribution in [0.15, 0.2) is 18.5 Å². The molecule has 0 unspecified atom stereocenters. The Morgan fingerprint density at radius 3 is 2.69 bits per heavy atom. The molecule has 4 heteroatoms. The average molecular weight is 197 g/mol. The molecular formula is C9H11ClN3+. The van der Waals surface area contributed by atoms with E-state index in [-0.39, 0.29) is 0 Å². The van der Waals surface area contributed by atoms with Gasteiger partial charge in [0.1, 0.15) is 0 Å². The monoisotopic (exact) mass is 196 g/mol. The van der Waals surface area contributed by atoms with Crippen molar-refractivity contribution in [2.75, 3.05) is 13.1 Å². The second-order valence-corrected chi connectivity index (χ2v) is 3.45. The van der Waals surface area contributed by atoms with Crippen LogP contribution in [0.5, 0.6) is 0 Å². The molecule has 0 spiro atoms. The Labute approximate surface area is 81.9 Å². The fraction of sp³-hybridized carbons (Fsp3) is 0.333. The summed E-state index contributed by atoms with van der Waals surface area (Å²) in [6.45, 7) is 2.15. The first kappa shape index (κ1) is 8.66. The molecule has 13 heavy (non-hydrogen) atoms. The molecule has 1 aliphatic rings. The van der Waals surface area contributed by atoms with E-state index in [2.05, 4.69) is 21.4 Å². The Kier molecular flexibility index (Phi) is 2.57. The van der Waals surface area contributed by atoms with E-state index < -0.39 is 0 Å². The lowest BCUT2D eigenvalue weighted by Gasteiger charge is -2.09. The number of hydrogen-bond acceptors (Lipinski definition) is 2. The molecule has 0 bridgehead atoms. The third kappa shape index (κ3) is 2.05. The highest BCUT2D eigenvalue weighted by Crippen LogP contribution is 2.14. The molecule has 0 atom stereocenters. The smallest absolute Gasteiger partial charge is 0.155 e. The van der Waals surface area contributed by atoms with Gasteiger partial charge in [-0.2, -0.15) is 0 Å². The van der Waals surface area contributed by atoms with E-state index in [0.29, 0.717) is 5.02 Å². The number of aromatic nitrogens is 2. The molecule has 1 aromatic rings. The summed E-state index contributed by atoms with van der Waals surface area (Å²) in [5, 5.41) is 2.85. The summed E-state index contributed by atoms with van der Waals surface area (Å²) < 4.78 is 0. The summed E-state index contributed by atoms with van der Waals surface area (Å²) in [7, 11) is 0. The summed E-state index contributed by atoms with van der Waals surface area (Å²) in [4.78, 5) is 8.35. The molecule has 0 aromatic carbocycles. The quantitative estimate of drug-likeness (QED) is 0.710. The molecular weight excluding hydrogens is 186 g/mol. The molecule has 0 fully saturated rings. The molecule has 0 amide bonds. The summed E-state index contributed by atoms with van der Waals surface area (Å²) in [6.07, 6.45) is 6.50. The second-order valence-electron chi connectivity index (χ2n) is 3.02. The van der Waals surface area contributed by atoms with Gasteiger partial charge in [-0.15, -0.1) is 0 Å². The van der Waals surface area contributed by atoms with Crippen molar-refractivity contribution < 1.29 is 5.32 Å². The van der Waals surface area contributed by atoms with Crippen LogP contribution in [-0.4, -0.2) is 23.1 Å². The zero-order valence-corrected chi connectivity index (χ0v) is 7.96. The van der Waals surface area contributed by atoms with Crippen LogP contribution in [0, 0.1) is 0 Å². The van der Waals surface area contributed by atoms with Gasteiger partial charge in [0, 0.05) is 24.4 Å². The lowest BCUT2D eigenvalue weighted by atomic mass is 10.1. The number of nitrogens with zero attached hydrogens (tertiary/aromatic N) is 2. The van der Waals surface area contributed by atoms with Crippen LogP contribution in [0.3, 0.4) is 0 Å². The summed E-state index contributed by atoms with van der Waals surface area (Å²) in [5.74, 6) is 0.817. The van der Waals surface area contributed by atoms with Crippen molar-refractivity contribution in [1.29, 1.82) is 0 Å². The van der Waals surface area contributed by atoms with Crippen LogP contribution in [-0.2, 0) is 0 Å².